The smallest absolute Gasteiger partial charge is 0.265 e. The van der Waals surface area contributed by atoms with Gasteiger partial charge in [-0.25, -0.2) is 4.90 Å². The zero-order chi connectivity index (χ0) is 19.8. The van der Waals surface area contributed by atoms with E-state index in [0.29, 0.717) is 38.0 Å². The van der Waals surface area contributed by atoms with Crippen molar-refractivity contribution in [3.8, 4) is 0 Å². The number of nitrogens with zero attached hydrogens (tertiary/aromatic N) is 1. The molecule has 0 spiro atoms. The highest BCUT2D eigenvalue weighted by atomic mass is 35.5. The van der Waals surface area contributed by atoms with Crippen LogP contribution in [-0.2, 0) is 4.79 Å². The first-order valence-corrected chi connectivity index (χ1v) is 9.43. The average Bonchev–Trinajstić information content (AvgIpc) is 2.67. The second kappa shape index (κ2) is 7.27. The summed E-state index contributed by atoms with van der Waals surface area (Å²) in [6.45, 7) is 1.91. The lowest BCUT2D eigenvalue weighted by atomic mass is 9.91. The van der Waals surface area contributed by atoms with Gasteiger partial charge >= 0.3 is 0 Å². The third-order valence-electron chi connectivity index (χ3n) is 4.63. The fourth-order valence-electron chi connectivity index (χ4n) is 3.29. The molecule has 0 N–H and O–H groups in total. The maximum absolute atomic E-state index is 13.4. The molecule has 1 heterocycles. The molecule has 0 fully saturated rings. The summed E-state index contributed by atoms with van der Waals surface area (Å²) in [5, 5.41) is 0.869. The van der Waals surface area contributed by atoms with Gasteiger partial charge in [0.2, 0.25) is 0 Å². The highest BCUT2D eigenvalue weighted by Crippen LogP contribution is 2.36. The number of halogens is 2. The van der Waals surface area contributed by atoms with Crippen molar-refractivity contribution >= 4 is 52.4 Å². The van der Waals surface area contributed by atoms with Crippen LogP contribution in [0.2, 0.25) is 10.0 Å². The van der Waals surface area contributed by atoms with Gasteiger partial charge in [-0.2, -0.15) is 0 Å². The lowest BCUT2D eigenvalue weighted by Gasteiger charge is -2.29. The molecule has 0 aromatic heterocycles. The number of benzene rings is 3. The molecule has 0 aliphatic carbocycles. The first-order valence-electron chi connectivity index (χ1n) is 8.68. The zero-order valence-corrected chi connectivity index (χ0v) is 16.5. The fraction of sp³-hybridized carbons (Fsp3) is 0.0435. The Kier molecular flexibility index (Phi) is 4.80. The molecule has 0 saturated carbocycles. The molecule has 4 rings (SSSR count). The SMILES string of the molecule is Cc1cccc(N2C(=O)C(=Cc3c(Cl)cccc3Cl)c3ccccc3C2=O)c1. The largest absolute Gasteiger partial charge is 0.268 e. The molecule has 3 aromatic carbocycles. The van der Waals surface area contributed by atoms with Crippen molar-refractivity contribution in [2.24, 2.45) is 0 Å². The lowest BCUT2D eigenvalue weighted by Crippen LogP contribution is -2.41. The number of carbonyl (C=O) groups is 2. The molecule has 0 saturated heterocycles. The second-order valence-corrected chi connectivity index (χ2v) is 7.34. The molecular formula is C23H15Cl2NO2. The third kappa shape index (κ3) is 3.13. The Bertz CT molecular complexity index is 1130. The van der Waals surface area contributed by atoms with Gasteiger partial charge in [0.25, 0.3) is 11.8 Å². The first kappa shape index (κ1) is 18.5. The minimum absolute atomic E-state index is 0.353. The van der Waals surface area contributed by atoms with Gasteiger partial charge < -0.3 is 0 Å². The Morgan fingerprint density at radius 2 is 1.43 bits per heavy atom. The number of hydrogen-bond donors (Lipinski definition) is 0. The van der Waals surface area contributed by atoms with E-state index in [1.54, 1.807) is 54.6 Å². The number of hydrogen-bond acceptors (Lipinski definition) is 2. The van der Waals surface area contributed by atoms with Crippen LogP contribution < -0.4 is 4.90 Å². The van der Waals surface area contributed by atoms with E-state index in [9.17, 15) is 9.59 Å². The summed E-state index contributed by atoms with van der Waals surface area (Å²) in [5.74, 6) is -0.765. The van der Waals surface area contributed by atoms with Crippen LogP contribution in [0.1, 0.15) is 27.0 Å². The van der Waals surface area contributed by atoms with Crippen molar-refractivity contribution in [3.63, 3.8) is 0 Å². The minimum Gasteiger partial charge on any atom is -0.268 e. The Morgan fingerprint density at radius 1 is 0.786 bits per heavy atom. The van der Waals surface area contributed by atoms with E-state index >= 15 is 0 Å². The van der Waals surface area contributed by atoms with Crippen LogP contribution >= 0.6 is 23.2 Å². The lowest BCUT2D eigenvalue weighted by molar-refractivity contribution is -0.112. The van der Waals surface area contributed by atoms with Crippen LogP contribution in [0.25, 0.3) is 11.6 Å². The molecule has 28 heavy (non-hydrogen) atoms. The van der Waals surface area contributed by atoms with Gasteiger partial charge in [-0.3, -0.25) is 9.59 Å². The number of amides is 2. The fourth-order valence-corrected chi connectivity index (χ4v) is 3.79. The van der Waals surface area contributed by atoms with Gasteiger partial charge in [0.05, 0.1) is 5.69 Å². The highest BCUT2D eigenvalue weighted by molar-refractivity contribution is 6.44. The van der Waals surface area contributed by atoms with Crippen molar-refractivity contribution in [1.29, 1.82) is 0 Å². The van der Waals surface area contributed by atoms with Crippen LogP contribution in [0.15, 0.2) is 66.7 Å². The standard InChI is InChI=1S/C23H15Cl2NO2/c1-14-6-4-7-15(12-14)26-22(27)17-9-3-2-8-16(17)18(23(26)28)13-19-20(24)10-5-11-21(19)25/h2-13H,1H3. The van der Waals surface area contributed by atoms with E-state index in [4.69, 9.17) is 23.2 Å². The van der Waals surface area contributed by atoms with Crippen molar-refractivity contribution < 1.29 is 9.59 Å². The summed E-state index contributed by atoms with van der Waals surface area (Å²) in [6, 6.07) is 19.5. The maximum Gasteiger partial charge on any atom is 0.265 e. The minimum atomic E-state index is -0.412. The van der Waals surface area contributed by atoms with Crippen LogP contribution in [0.5, 0.6) is 0 Å². The predicted octanol–water partition coefficient (Wildman–Crippen LogP) is 6.03. The monoisotopic (exact) mass is 407 g/mol. The second-order valence-electron chi connectivity index (χ2n) is 6.52. The number of anilines is 1. The normalized spacial score (nSPS) is 15.1. The highest BCUT2D eigenvalue weighted by Gasteiger charge is 2.35. The topological polar surface area (TPSA) is 37.4 Å². The van der Waals surface area contributed by atoms with E-state index < -0.39 is 5.91 Å². The van der Waals surface area contributed by atoms with Crippen LogP contribution in [0.4, 0.5) is 5.69 Å². The summed E-state index contributed by atoms with van der Waals surface area (Å²) in [5.41, 5.74) is 3.42. The summed E-state index contributed by atoms with van der Waals surface area (Å²) in [6.07, 6.45) is 1.65. The number of aryl methyl sites for hydroxylation is 1. The summed E-state index contributed by atoms with van der Waals surface area (Å²) in [7, 11) is 0. The number of carbonyl (C=O) groups excluding carboxylic acids is 2. The Balaban J connectivity index is 1.95. The molecule has 1 aliphatic heterocycles. The van der Waals surface area contributed by atoms with Crippen LogP contribution in [-0.4, -0.2) is 11.8 Å². The Morgan fingerprint density at radius 3 is 2.11 bits per heavy atom. The van der Waals surface area contributed by atoms with Gasteiger partial charge in [0.15, 0.2) is 0 Å². The molecule has 0 unspecified atom stereocenters. The van der Waals surface area contributed by atoms with Crippen molar-refractivity contribution in [2.75, 3.05) is 4.90 Å². The van der Waals surface area contributed by atoms with Crippen molar-refractivity contribution in [1.82, 2.24) is 0 Å². The molecular weight excluding hydrogens is 393 g/mol. The van der Waals surface area contributed by atoms with Crippen LogP contribution in [0, 0.1) is 6.92 Å². The van der Waals surface area contributed by atoms with Crippen molar-refractivity contribution in [3.05, 3.63) is 99.0 Å². The third-order valence-corrected chi connectivity index (χ3v) is 5.29. The molecule has 0 atom stereocenters. The number of fused-ring (bicyclic) bond motifs is 1. The van der Waals surface area contributed by atoms with E-state index in [1.165, 1.54) is 4.90 Å². The molecule has 2 amide bonds. The van der Waals surface area contributed by atoms with E-state index in [-0.39, 0.29) is 5.91 Å². The Hall–Kier alpha value is -2.88. The van der Waals surface area contributed by atoms with Gasteiger partial charge in [-0.15, -0.1) is 0 Å². The first-order chi connectivity index (χ1) is 13.5. The van der Waals surface area contributed by atoms with E-state index in [0.717, 1.165) is 5.56 Å². The zero-order valence-electron chi connectivity index (χ0n) is 14.9. The predicted molar refractivity (Wildman–Crippen MR) is 114 cm³/mol. The van der Waals surface area contributed by atoms with E-state index in [1.807, 2.05) is 25.1 Å². The number of imide groups is 1. The maximum atomic E-state index is 13.4. The summed E-state index contributed by atoms with van der Waals surface area (Å²) >= 11 is 12.6. The van der Waals surface area contributed by atoms with Crippen LogP contribution in [0.3, 0.4) is 0 Å². The summed E-state index contributed by atoms with van der Waals surface area (Å²) < 4.78 is 0. The quantitative estimate of drug-likeness (QED) is 0.384. The van der Waals surface area contributed by atoms with Crippen molar-refractivity contribution in [2.45, 2.75) is 6.92 Å². The molecule has 0 bridgehead atoms. The molecule has 0 radical (unpaired) electrons. The average molecular weight is 408 g/mol. The Labute approximate surface area is 172 Å². The molecule has 1 aliphatic rings. The van der Waals surface area contributed by atoms with Gasteiger partial charge in [-0.05, 0) is 54.5 Å². The summed E-state index contributed by atoms with van der Waals surface area (Å²) in [4.78, 5) is 27.7. The number of rotatable bonds is 2. The van der Waals surface area contributed by atoms with Gasteiger partial charge in [0.1, 0.15) is 0 Å². The van der Waals surface area contributed by atoms with E-state index in [2.05, 4.69) is 0 Å². The molecule has 3 nitrogen and oxygen atoms in total. The molecule has 5 heteroatoms. The molecule has 138 valence electrons. The van der Waals surface area contributed by atoms with Gasteiger partial charge in [-0.1, -0.05) is 59.6 Å². The van der Waals surface area contributed by atoms with Gasteiger partial charge in [0, 0.05) is 26.7 Å². The molecule has 3 aromatic rings.